The summed E-state index contributed by atoms with van der Waals surface area (Å²) in [7, 11) is 0.276. The third-order valence-electron chi connectivity index (χ3n) is 3.84. The summed E-state index contributed by atoms with van der Waals surface area (Å²) in [5.74, 6) is -0.0489. The molecule has 0 saturated heterocycles. The Balaban J connectivity index is 1.80. The Morgan fingerprint density at radius 1 is 1.00 bits per heavy atom. The lowest BCUT2D eigenvalue weighted by atomic mass is 10.1. The molecule has 0 atom stereocenters. The predicted octanol–water partition coefficient (Wildman–Crippen LogP) is 1.65. The van der Waals surface area contributed by atoms with Gasteiger partial charge in [-0.15, -0.1) is 0 Å². The van der Waals surface area contributed by atoms with E-state index < -0.39 is 10.0 Å². The molecule has 25 heavy (non-hydrogen) atoms. The second-order valence-electron chi connectivity index (χ2n) is 6.03. The van der Waals surface area contributed by atoms with Gasteiger partial charge in [-0.1, -0.05) is 24.3 Å². The van der Waals surface area contributed by atoms with Crippen molar-refractivity contribution in [1.82, 2.24) is 5.32 Å². The first-order valence-electron chi connectivity index (χ1n) is 7.90. The van der Waals surface area contributed by atoms with Crippen molar-refractivity contribution in [3.8, 4) is 0 Å². The van der Waals surface area contributed by atoms with Crippen molar-refractivity contribution in [3.63, 3.8) is 0 Å². The Bertz CT molecular complexity index is 814. The fourth-order valence-electron chi connectivity index (χ4n) is 2.30. The number of benzene rings is 2. The van der Waals surface area contributed by atoms with Gasteiger partial charge in [0.25, 0.3) is 0 Å². The van der Waals surface area contributed by atoms with Crippen molar-refractivity contribution in [2.75, 3.05) is 19.0 Å². The highest BCUT2D eigenvalue weighted by atomic mass is 32.2. The molecule has 0 unspecified atom stereocenters. The van der Waals surface area contributed by atoms with Crippen molar-refractivity contribution >= 4 is 21.6 Å². The summed E-state index contributed by atoms with van der Waals surface area (Å²) in [6, 6.07) is 14.2. The second kappa shape index (κ2) is 8.13. The number of nitrogens with zero attached hydrogens (tertiary/aromatic N) is 1. The normalized spacial score (nSPS) is 11.2. The molecule has 1 amide bonds. The van der Waals surface area contributed by atoms with E-state index in [1.807, 2.05) is 43.3 Å². The molecule has 0 spiro atoms. The van der Waals surface area contributed by atoms with Crippen molar-refractivity contribution in [1.29, 1.82) is 0 Å². The Morgan fingerprint density at radius 2 is 1.56 bits per heavy atom. The standard InChI is InChI=1S/C18H23N3O3S/c1-21(2)16-8-3-15(4-9-16)13-20-18(22)12-7-14-5-10-17(11-6-14)25(19,23)24/h3-6,8-11H,7,12-13H2,1-2H3,(H,20,22)(H2,19,23,24). The molecule has 0 aliphatic rings. The van der Waals surface area contributed by atoms with Gasteiger partial charge in [0.05, 0.1) is 4.90 Å². The number of aryl methyl sites for hydroxylation is 1. The van der Waals surface area contributed by atoms with Gasteiger partial charge in [-0.25, -0.2) is 13.6 Å². The fraction of sp³-hybridized carbons (Fsp3) is 0.278. The summed E-state index contributed by atoms with van der Waals surface area (Å²) in [6.07, 6.45) is 0.876. The van der Waals surface area contributed by atoms with Gasteiger partial charge >= 0.3 is 0 Å². The molecule has 2 aromatic carbocycles. The topological polar surface area (TPSA) is 92.5 Å². The number of nitrogens with two attached hydrogens (primary N) is 1. The summed E-state index contributed by atoms with van der Waals surface area (Å²) < 4.78 is 22.4. The van der Waals surface area contributed by atoms with Crippen molar-refractivity contribution in [3.05, 3.63) is 59.7 Å². The number of carbonyl (C=O) groups is 1. The minimum absolute atomic E-state index is 0.0489. The lowest BCUT2D eigenvalue weighted by molar-refractivity contribution is -0.121. The fourth-order valence-corrected chi connectivity index (χ4v) is 2.82. The van der Waals surface area contributed by atoms with E-state index in [4.69, 9.17) is 5.14 Å². The molecule has 2 rings (SSSR count). The quantitative estimate of drug-likeness (QED) is 0.784. The molecule has 7 heteroatoms. The number of hydrogen-bond acceptors (Lipinski definition) is 4. The van der Waals surface area contributed by atoms with Crippen molar-refractivity contribution in [2.24, 2.45) is 5.14 Å². The molecule has 0 saturated carbocycles. The largest absolute Gasteiger partial charge is 0.378 e. The maximum atomic E-state index is 12.0. The van der Waals surface area contributed by atoms with Gasteiger partial charge in [0.1, 0.15) is 0 Å². The van der Waals surface area contributed by atoms with E-state index >= 15 is 0 Å². The SMILES string of the molecule is CN(C)c1ccc(CNC(=O)CCc2ccc(S(N)(=O)=O)cc2)cc1. The lowest BCUT2D eigenvalue weighted by Gasteiger charge is -2.13. The first-order chi connectivity index (χ1) is 11.8. The zero-order valence-electron chi connectivity index (χ0n) is 14.4. The van der Waals surface area contributed by atoms with Crippen LogP contribution in [0.4, 0.5) is 5.69 Å². The van der Waals surface area contributed by atoms with Gasteiger partial charge in [-0.2, -0.15) is 0 Å². The van der Waals surface area contributed by atoms with Crippen LogP contribution < -0.4 is 15.4 Å². The average Bonchev–Trinajstić information content (AvgIpc) is 2.58. The Morgan fingerprint density at radius 3 is 2.08 bits per heavy atom. The van der Waals surface area contributed by atoms with Gasteiger partial charge in [-0.3, -0.25) is 4.79 Å². The van der Waals surface area contributed by atoms with E-state index in [2.05, 4.69) is 5.32 Å². The Labute approximate surface area is 148 Å². The molecule has 0 aliphatic carbocycles. The van der Waals surface area contributed by atoms with Crippen molar-refractivity contribution < 1.29 is 13.2 Å². The Kier molecular flexibility index (Phi) is 6.17. The molecule has 0 aromatic heterocycles. The summed E-state index contributed by atoms with van der Waals surface area (Å²) in [4.78, 5) is 14.0. The molecule has 0 aliphatic heterocycles. The molecule has 3 N–H and O–H groups in total. The van der Waals surface area contributed by atoms with Gasteiger partial charge in [-0.05, 0) is 41.8 Å². The molecular formula is C18H23N3O3S. The third-order valence-corrected chi connectivity index (χ3v) is 4.76. The van der Waals surface area contributed by atoms with Gasteiger partial charge in [0, 0.05) is 32.7 Å². The summed E-state index contributed by atoms with van der Waals surface area (Å²) in [6.45, 7) is 0.483. The van der Waals surface area contributed by atoms with Gasteiger partial charge < -0.3 is 10.2 Å². The number of sulfonamides is 1. The first kappa shape index (κ1) is 19.0. The lowest BCUT2D eigenvalue weighted by Crippen LogP contribution is -2.23. The van der Waals surface area contributed by atoms with E-state index in [0.717, 1.165) is 16.8 Å². The van der Waals surface area contributed by atoms with E-state index in [0.29, 0.717) is 19.4 Å². The van der Waals surface area contributed by atoms with Crippen LogP contribution in [0, 0.1) is 0 Å². The molecule has 0 radical (unpaired) electrons. The molecule has 0 heterocycles. The van der Waals surface area contributed by atoms with Crippen LogP contribution >= 0.6 is 0 Å². The summed E-state index contributed by atoms with van der Waals surface area (Å²) in [5.41, 5.74) is 3.03. The van der Waals surface area contributed by atoms with Crippen LogP contribution in [0.15, 0.2) is 53.4 Å². The number of nitrogens with one attached hydrogen (secondary N) is 1. The number of amides is 1. The minimum atomic E-state index is -3.68. The summed E-state index contributed by atoms with van der Waals surface area (Å²) in [5, 5.41) is 7.94. The minimum Gasteiger partial charge on any atom is -0.378 e. The van der Waals surface area contributed by atoms with Crippen LogP contribution in [0.2, 0.25) is 0 Å². The average molecular weight is 361 g/mol. The zero-order valence-corrected chi connectivity index (χ0v) is 15.2. The number of rotatable bonds is 7. The third kappa shape index (κ3) is 5.88. The number of anilines is 1. The van der Waals surface area contributed by atoms with E-state index in [1.54, 1.807) is 12.1 Å². The maximum Gasteiger partial charge on any atom is 0.238 e. The molecule has 0 bridgehead atoms. The number of carbonyl (C=O) groups excluding carboxylic acids is 1. The summed E-state index contributed by atoms with van der Waals surface area (Å²) >= 11 is 0. The molecule has 2 aromatic rings. The van der Waals surface area contributed by atoms with Crippen molar-refractivity contribution in [2.45, 2.75) is 24.3 Å². The highest BCUT2D eigenvalue weighted by Crippen LogP contribution is 2.12. The van der Waals surface area contributed by atoms with E-state index in [9.17, 15) is 13.2 Å². The molecule has 6 nitrogen and oxygen atoms in total. The van der Waals surface area contributed by atoms with Crippen LogP contribution in [0.25, 0.3) is 0 Å². The monoisotopic (exact) mass is 361 g/mol. The molecule has 0 fully saturated rings. The number of hydrogen-bond donors (Lipinski definition) is 2. The highest BCUT2D eigenvalue weighted by molar-refractivity contribution is 7.89. The van der Waals surface area contributed by atoms with Crippen LogP contribution in [-0.2, 0) is 27.8 Å². The van der Waals surface area contributed by atoms with E-state index in [1.165, 1.54) is 12.1 Å². The first-order valence-corrected chi connectivity index (χ1v) is 9.45. The highest BCUT2D eigenvalue weighted by Gasteiger charge is 2.08. The number of primary sulfonamides is 1. The van der Waals surface area contributed by atoms with Gasteiger partial charge in [0.2, 0.25) is 15.9 Å². The predicted molar refractivity (Wildman–Crippen MR) is 98.8 cm³/mol. The van der Waals surface area contributed by atoms with Crippen LogP contribution in [0.5, 0.6) is 0 Å². The van der Waals surface area contributed by atoms with Gasteiger partial charge in [0.15, 0.2) is 0 Å². The second-order valence-corrected chi connectivity index (χ2v) is 7.59. The van der Waals surface area contributed by atoms with E-state index in [-0.39, 0.29) is 10.8 Å². The van der Waals surface area contributed by atoms with Crippen LogP contribution in [0.3, 0.4) is 0 Å². The maximum absolute atomic E-state index is 12.0. The molecule has 134 valence electrons. The Hall–Kier alpha value is -2.38. The zero-order chi connectivity index (χ0) is 18.4. The molecular weight excluding hydrogens is 338 g/mol. The smallest absolute Gasteiger partial charge is 0.238 e. The van der Waals surface area contributed by atoms with Crippen LogP contribution in [0.1, 0.15) is 17.5 Å². The van der Waals surface area contributed by atoms with Crippen LogP contribution in [-0.4, -0.2) is 28.4 Å².